The predicted octanol–water partition coefficient (Wildman–Crippen LogP) is 6.94. The van der Waals surface area contributed by atoms with Crippen molar-refractivity contribution in [2.45, 2.75) is 65.6 Å². The number of hydrogen-bond acceptors (Lipinski definition) is 3. The summed E-state index contributed by atoms with van der Waals surface area (Å²) in [5.41, 5.74) is 4.15. The number of aryl methyl sites for hydroxylation is 2. The first-order valence-corrected chi connectivity index (χ1v) is 11.9. The van der Waals surface area contributed by atoms with E-state index in [1.54, 1.807) is 30.0 Å². The monoisotopic (exact) mass is 467 g/mol. The molecule has 4 rings (SSSR count). The van der Waals surface area contributed by atoms with Gasteiger partial charge in [-0.1, -0.05) is 57.9 Å². The Morgan fingerprint density at radius 1 is 1.12 bits per heavy atom. The van der Waals surface area contributed by atoms with Gasteiger partial charge in [-0.05, 0) is 42.7 Å². The fourth-order valence-electron chi connectivity index (χ4n) is 4.22. The Bertz CT molecular complexity index is 1140. The molecule has 0 bridgehead atoms. The predicted molar refractivity (Wildman–Crippen MR) is 131 cm³/mol. The molecule has 0 fully saturated rings. The lowest BCUT2D eigenvalue weighted by atomic mass is 9.94. The maximum Gasteiger partial charge on any atom is 0.306 e. The van der Waals surface area contributed by atoms with Crippen LogP contribution < -0.4 is 4.74 Å². The lowest BCUT2D eigenvalue weighted by Gasteiger charge is -2.25. The Balaban J connectivity index is 0.000000751. The van der Waals surface area contributed by atoms with Crippen LogP contribution in [0.25, 0.3) is 5.69 Å². The second kappa shape index (κ2) is 11.3. The first-order chi connectivity index (χ1) is 16.4. The van der Waals surface area contributed by atoms with Gasteiger partial charge in [0.1, 0.15) is 23.8 Å². The van der Waals surface area contributed by atoms with Gasteiger partial charge in [0, 0.05) is 17.3 Å². The molecular weight excluding hydrogens is 433 g/mol. The van der Waals surface area contributed by atoms with E-state index in [9.17, 15) is 9.90 Å². The van der Waals surface area contributed by atoms with E-state index >= 15 is 4.39 Å². The van der Waals surface area contributed by atoms with Crippen LogP contribution in [-0.2, 0) is 16.0 Å². The SMILES string of the molecule is CCCC.CCc1cc(F)c2c(c1)C(c1cccc(C)c1OC)OC(CC(=O)O)c1cccn1-2. The van der Waals surface area contributed by atoms with Crippen LogP contribution in [0.4, 0.5) is 4.39 Å². The molecule has 1 N–H and O–H groups in total. The molecule has 1 aromatic heterocycles. The quantitative estimate of drug-likeness (QED) is 0.427. The Morgan fingerprint density at radius 2 is 1.85 bits per heavy atom. The molecule has 0 saturated carbocycles. The van der Waals surface area contributed by atoms with Gasteiger partial charge in [-0.2, -0.15) is 0 Å². The molecule has 34 heavy (non-hydrogen) atoms. The number of para-hydroxylation sites is 1. The maximum absolute atomic E-state index is 15.4. The van der Waals surface area contributed by atoms with Gasteiger partial charge in [0.15, 0.2) is 0 Å². The molecule has 2 aromatic carbocycles. The minimum absolute atomic E-state index is 0.231. The largest absolute Gasteiger partial charge is 0.496 e. The highest BCUT2D eigenvalue weighted by molar-refractivity contribution is 5.68. The Kier molecular flexibility index (Phi) is 8.51. The number of rotatable bonds is 6. The summed E-state index contributed by atoms with van der Waals surface area (Å²) in [7, 11) is 1.59. The van der Waals surface area contributed by atoms with E-state index in [0.717, 1.165) is 16.7 Å². The molecule has 2 unspecified atom stereocenters. The fraction of sp³-hybridized carbons (Fsp3) is 0.393. The van der Waals surface area contributed by atoms with E-state index in [1.165, 1.54) is 18.9 Å². The standard InChI is InChI=1S/C24H24FNO4.C4H10/c1-4-15-11-17-22(18(25)12-15)26-10-6-9-19(26)20(13-21(27)28)30-24(17)16-8-5-7-14(2)23(16)29-3;1-3-4-2/h5-12,20,24H,4,13H2,1-3H3,(H,27,28);3-4H2,1-2H3. The molecule has 0 aliphatic carbocycles. The third-order valence-corrected chi connectivity index (χ3v) is 6.08. The smallest absolute Gasteiger partial charge is 0.306 e. The highest BCUT2D eigenvalue weighted by Gasteiger charge is 2.34. The van der Waals surface area contributed by atoms with Crippen LogP contribution in [0.3, 0.4) is 0 Å². The molecule has 3 aromatic rings. The summed E-state index contributed by atoms with van der Waals surface area (Å²) in [4.78, 5) is 11.6. The van der Waals surface area contributed by atoms with Crippen molar-refractivity contribution in [2.24, 2.45) is 0 Å². The van der Waals surface area contributed by atoms with Crippen LogP contribution in [0.15, 0.2) is 48.7 Å². The van der Waals surface area contributed by atoms with Crippen LogP contribution >= 0.6 is 0 Å². The van der Waals surface area contributed by atoms with Crippen molar-refractivity contribution in [1.29, 1.82) is 0 Å². The van der Waals surface area contributed by atoms with Gasteiger partial charge < -0.3 is 19.1 Å². The number of halogens is 1. The molecule has 1 aliphatic rings. The van der Waals surface area contributed by atoms with E-state index in [1.807, 2.05) is 38.1 Å². The highest BCUT2D eigenvalue weighted by Crippen LogP contribution is 2.45. The topological polar surface area (TPSA) is 60.7 Å². The van der Waals surface area contributed by atoms with Gasteiger partial charge in [0.2, 0.25) is 0 Å². The zero-order valence-corrected chi connectivity index (χ0v) is 20.6. The molecule has 0 radical (unpaired) electrons. The minimum Gasteiger partial charge on any atom is -0.496 e. The van der Waals surface area contributed by atoms with Crippen LogP contribution in [0.5, 0.6) is 5.75 Å². The van der Waals surface area contributed by atoms with E-state index < -0.39 is 18.2 Å². The van der Waals surface area contributed by atoms with Crippen molar-refractivity contribution in [2.75, 3.05) is 7.11 Å². The number of nitrogens with zero attached hydrogens (tertiary/aromatic N) is 1. The summed E-state index contributed by atoms with van der Waals surface area (Å²) in [6.45, 7) is 8.26. The molecule has 2 heterocycles. The molecule has 1 aliphatic heterocycles. The van der Waals surface area contributed by atoms with Gasteiger partial charge >= 0.3 is 5.97 Å². The Labute approximate surface area is 201 Å². The van der Waals surface area contributed by atoms with E-state index in [-0.39, 0.29) is 12.2 Å². The van der Waals surface area contributed by atoms with Crippen molar-refractivity contribution in [1.82, 2.24) is 4.57 Å². The van der Waals surface area contributed by atoms with Crippen molar-refractivity contribution in [3.63, 3.8) is 0 Å². The van der Waals surface area contributed by atoms with Crippen LogP contribution in [-0.4, -0.2) is 22.8 Å². The molecule has 6 heteroatoms. The van der Waals surface area contributed by atoms with Crippen molar-refractivity contribution in [3.05, 3.63) is 82.4 Å². The number of aliphatic carboxylic acids is 1. The van der Waals surface area contributed by atoms with Crippen LogP contribution in [0.1, 0.15) is 80.2 Å². The zero-order chi connectivity index (χ0) is 24.8. The number of ether oxygens (including phenoxy) is 2. The number of unbranched alkanes of at least 4 members (excludes halogenated alkanes) is 1. The first kappa shape index (κ1) is 25.5. The molecule has 0 saturated heterocycles. The van der Waals surface area contributed by atoms with E-state index in [0.29, 0.717) is 29.1 Å². The van der Waals surface area contributed by atoms with Gasteiger partial charge in [0.25, 0.3) is 0 Å². The first-order valence-electron chi connectivity index (χ1n) is 11.9. The Hall–Kier alpha value is -3.12. The highest BCUT2D eigenvalue weighted by atomic mass is 19.1. The number of hydrogen-bond donors (Lipinski definition) is 1. The average Bonchev–Trinajstić information content (AvgIpc) is 3.25. The van der Waals surface area contributed by atoms with Crippen LogP contribution in [0.2, 0.25) is 0 Å². The fourth-order valence-corrected chi connectivity index (χ4v) is 4.22. The van der Waals surface area contributed by atoms with E-state index in [4.69, 9.17) is 9.47 Å². The summed E-state index contributed by atoms with van der Waals surface area (Å²) < 4.78 is 29.2. The third kappa shape index (κ3) is 5.17. The second-order valence-corrected chi connectivity index (χ2v) is 8.47. The summed E-state index contributed by atoms with van der Waals surface area (Å²) >= 11 is 0. The number of fused-ring (bicyclic) bond motifs is 3. The number of carboxylic acids is 1. The third-order valence-electron chi connectivity index (χ3n) is 6.08. The number of aromatic nitrogens is 1. The summed E-state index contributed by atoms with van der Waals surface area (Å²) in [5.74, 6) is -0.696. The van der Waals surface area contributed by atoms with Crippen molar-refractivity contribution < 1.29 is 23.8 Å². The number of carboxylic acid groups (broad SMARTS) is 1. The van der Waals surface area contributed by atoms with Gasteiger partial charge in [-0.3, -0.25) is 4.79 Å². The molecule has 182 valence electrons. The molecule has 0 spiro atoms. The molecule has 2 atom stereocenters. The average molecular weight is 468 g/mol. The van der Waals surface area contributed by atoms with E-state index in [2.05, 4.69) is 13.8 Å². The minimum atomic E-state index is -0.983. The Morgan fingerprint density at radius 3 is 2.47 bits per heavy atom. The van der Waals surface area contributed by atoms with Gasteiger partial charge in [-0.25, -0.2) is 4.39 Å². The molecule has 5 nitrogen and oxygen atoms in total. The normalized spacial score (nSPS) is 16.5. The van der Waals surface area contributed by atoms with Crippen LogP contribution in [0, 0.1) is 12.7 Å². The summed E-state index contributed by atoms with van der Waals surface area (Å²) in [5, 5.41) is 9.49. The van der Waals surface area contributed by atoms with Crippen molar-refractivity contribution >= 4 is 5.97 Å². The lowest BCUT2D eigenvalue weighted by Crippen LogP contribution is -2.15. The lowest BCUT2D eigenvalue weighted by molar-refractivity contribution is -0.141. The summed E-state index contributed by atoms with van der Waals surface area (Å²) in [6.07, 6.45) is 3.39. The number of benzene rings is 2. The molecule has 0 amide bonds. The van der Waals surface area contributed by atoms with Gasteiger partial charge in [0.05, 0.1) is 24.9 Å². The number of carbonyl (C=O) groups is 1. The number of methoxy groups -OCH3 is 1. The zero-order valence-electron chi connectivity index (χ0n) is 20.6. The van der Waals surface area contributed by atoms with Gasteiger partial charge in [-0.15, -0.1) is 0 Å². The second-order valence-electron chi connectivity index (χ2n) is 8.47. The molecular formula is C28H34FNO4. The summed E-state index contributed by atoms with van der Waals surface area (Å²) in [6, 6.07) is 12.7. The maximum atomic E-state index is 15.4. The van der Waals surface area contributed by atoms with Crippen molar-refractivity contribution in [3.8, 4) is 11.4 Å².